The van der Waals surface area contributed by atoms with Crippen LogP contribution in [-0.4, -0.2) is 103 Å². The number of halogens is 1. The Morgan fingerprint density at radius 3 is 2.67 bits per heavy atom. The lowest BCUT2D eigenvalue weighted by atomic mass is 10.1. The zero-order valence-corrected chi connectivity index (χ0v) is 20.5. The van der Waals surface area contributed by atoms with Gasteiger partial charge in [-0.3, -0.25) is 24.4 Å². The number of nitrogens with two attached hydrogens (primary N) is 1. The lowest BCUT2D eigenvalue weighted by Gasteiger charge is -2.33. The molecule has 0 bridgehead atoms. The Morgan fingerprint density at radius 1 is 1.19 bits per heavy atom. The van der Waals surface area contributed by atoms with E-state index in [9.17, 15) is 14.0 Å². The average molecular weight is 499 g/mol. The molecule has 2 fully saturated rings. The van der Waals surface area contributed by atoms with Gasteiger partial charge in [-0.25, -0.2) is 4.39 Å². The molecule has 2 aromatic rings. The minimum Gasteiger partial charge on any atom is -0.379 e. The van der Waals surface area contributed by atoms with Crippen LogP contribution in [0.2, 0.25) is 0 Å². The third-order valence-corrected chi connectivity index (χ3v) is 6.82. The Balaban J connectivity index is 1.54. The van der Waals surface area contributed by atoms with E-state index in [1.54, 1.807) is 35.4 Å². The van der Waals surface area contributed by atoms with Crippen molar-refractivity contribution in [3.8, 4) is 0 Å². The van der Waals surface area contributed by atoms with Crippen LogP contribution in [0.5, 0.6) is 0 Å². The molecule has 3 N–H and O–H groups in total. The van der Waals surface area contributed by atoms with Crippen molar-refractivity contribution < 1.29 is 18.7 Å². The summed E-state index contributed by atoms with van der Waals surface area (Å²) in [6.45, 7) is 6.50. The molecule has 2 aliphatic heterocycles. The molecule has 2 saturated heterocycles. The zero-order chi connectivity index (χ0) is 25.3. The van der Waals surface area contributed by atoms with Crippen LogP contribution < -0.4 is 11.1 Å². The second-order valence-electron chi connectivity index (χ2n) is 9.24. The SMILES string of the molecule is NCCNC(=O)C1CC(N(CCN2CCOCC2)Cc2ccc(F)cc2)CN1C(=O)c1cccnc1. The number of morpholine rings is 1. The number of aromatic nitrogens is 1. The Hall–Kier alpha value is -2.92. The summed E-state index contributed by atoms with van der Waals surface area (Å²) in [6.07, 6.45) is 3.65. The Kier molecular flexibility index (Phi) is 9.35. The first-order valence-electron chi connectivity index (χ1n) is 12.5. The molecule has 1 aromatic carbocycles. The molecule has 1 aromatic heterocycles. The minimum absolute atomic E-state index is 0.0367. The highest BCUT2D eigenvalue weighted by Crippen LogP contribution is 2.26. The van der Waals surface area contributed by atoms with Gasteiger partial charge < -0.3 is 20.7 Å². The van der Waals surface area contributed by atoms with E-state index in [0.717, 1.165) is 45.0 Å². The van der Waals surface area contributed by atoms with Crippen LogP contribution in [0.3, 0.4) is 0 Å². The Labute approximate surface area is 211 Å². The number of amides is 2. The monoisotopic (exact) mass is 498 g/mol. The number of rotatable bonds is 10. The fourth-order valence-electron chi connectivity index (χ4n) is 4.83. The van der Waals surface area contributed by atoms with E-state index in [4.69, 9.17) is 10.5 Å². The van der Waals surface area contributed by atoms with Gasteiger partial charge in [0, 0.05) is 70.8 Å². The largest absolute Gasteiger partial charge is 0.379 e. The van der Waals surface area contributed by atoms with Gasteiger partial charge in [-0.2, -0.15) is 0 Å². The summed E-state index contributed by atoms with van der Waals surface area (Å²) >= 11 is 0. The normalized spacial score (nSPS) is 20.6. The lowest BCUT2D eigenvalue weighted by molar-refractivity contribution is -0.124. The molecule has 9 nitrogen and oxygen atoms in total. The molecule has 2 unspecified atom stereocenters. The van der Waals surface area contributed by atoms with E-state index < -0.39 is 6.04 Å². The minimum atomic E-state index is -0.603. The molecule has 10 heteroatoms. The van der Waals surface area contributed by atoms with Crippen molar-refractivity contribution in [1.82, 2.24) is 25.0 Å². The maximum Gasteiger partial charge on any atom is 0.256 e. The van der Waals surface area contributed by atoms with E-state index in [1.165, 1.54) is 18.3 Å². The van der Waals surface area contributed by atoms with Crippen LogP contribution >= 0.6 is 0 Å². The van der Waals surface area contributed by atoms with Gasteiger partial charge in [0.2, 0.25) is 5.91 Å². The van der Waals surface area contributed by atoms with Gasteiger partial charge in [0.05, 0.1) is 18.8 Å². The van der Waals surface area contributed by atoms with E-state index in [1.807, 2.05) is 0 Å². The number of benzene rings is 1. The summed E-state index contributed by atoms with van der Waals surface area (Å²) in [6, 6.07) is 9.29. The van der Waals surface area contributed by atoms with Crippen molar-refractivity contribution in [2.45, 2.75) is 25.0 Å². The topological polar surface area (TPSA) is 104 Å². The third-order valence-electron chi connectivity index (χ3n) is 6.82. The summed E-state index contributed by atoms with van der Waals surface area (Å²) in [5, 5.41) is 2.85. The van der Waals surface area contributed by atoms with Gasteiger partial charge >= 0.3 is 0 Å². The molecule has 4 rings (SSSR count). The van der Waals surface area contributed by atoms with Crippen molar-refractivity contribution in [2.75, 3.05) is 59.0 Å². The Bertz CT molecular complexity index is 987. The first kappa shape index (κ1) is 26.2. The summed E-state index contributed by atoms with van der Waals surface area (Å²) in [7, 11) is 0. The molecule has 2 aliphatic rings. The van der Waals surface area contributed by atoms with E-state index >= 15 is 0 Å². The lowest BCUT2D eigenvalue weighted by Crippen LogP contribution is -2.47. The van der Waals surface area contributed by atoms with Gasteiger partial charge in [-0.05, 0) is 36.2 Å². The fourth-order valence-corrected chi connectivity index (χ4v) is 4.83. The summed E-state index contributed by atoms with van der Waals surface area (Å²) in [5.74, 6) is -0.687. The Morgan fingerprint density at radius 2 is 1.97 bits per heavy atom. The van der Waals surface area contributed by atoms with Crippen LogP contribution in [0, 0.1) is 5.82 Å². The number of hydrogen-bond donors (Lipinski definition) is 2. The van der Waals surface area contributed by atoms with Crippen LogP contribution in [0.15, 0.2) is 48.8 Å². The standard InChI is InChI=1S/C26H35FN6O3/c27-22-5-3-20(4-6-22)18-32(11-10-31-12-14-36-15-13-31)23-16-24(25(34)30-9-7-28)33(19-23)26(35)21-2-1-8-29-17-21/h1-6,8,17,23-24H,7,9-16,18-19,28H2,(H,30,34). The number of nitrogens with one attached hydrogen (secondary N) is 1. The van der Waals surface area contributed by atoms with E-state index in [2.05, 4.69) is 20.1 Å². The molecule has 0 saturated carbocycles. The molecular weight excluding hydrogens is 463 g/mol. The second kappa shape index (κ2) is 12.9. The smallest absolute Gasteiger partial charge is 0.256 e. The van der Waals surface area contributed by atoms with Crippen LogP contribution in [0.1, 0.15) is 22.3 Å². The highest BCUT2D eigenvalue weighted by molar-refractivity contribution is 5.97. The molecule has 0 spiro atoms. The number of ether oxygens (including phenoxy) is 1. The van der Waals surface area contributed by atoms with Crippen molar-refractivity contribution in [3.05, 3.63) is 65.7 Å². The van der Waals surface area contributed by atoms with Gasteiger partial charge in [-0.15, -0.1) is 0 Å². The number of pyridine rings is 1. The van der Waals surface area contributed by atoms with Gasteiger partial charge in [0.1, 0.15) is 11.9 Å². The highest BCUT2D eigenvalue weighted by Gasteiger charge is 2.42. The number of likely N-dealkylation sites (tertiary alicyclic amines) is 1. The highest BCUT2D eigenvalue weighted by atomic mass is 19.1. The molecule has 2 amide bonds. The maximum atomic E-state index is 13.5. The number of carbonyl (C=O) groups is 2. The molecule has 194 valence electrons. The van der Waals surface area contributed by atoms with Crippen molar-refractivity contribution in [3.63, 3.8) is 0 Å². The van der Waals surface area contributed by atoms with E-state index in [0.29, 0.717) is 38.2 Å². The van der Waals surface area contributed by atoms with Crippen molar-refractivity contribution in [1.29, 1.82) is 0 Å². The molecule has 0 aliphatic carbocycles. The van der Waals surface area contributed by atoms with Gasteiger partial charge in [0.25, 0.3) is 5.91 Å². The summed E-state index contributed by atoms with van der Waals surface area (Å²) < 4.78 is 19.0. The van der Waals surface area contributed by atoms with Gasteiger partial charge in [-0.1, -0.05) is 12.1 Å². The number of nitrogens with zero attached hydrogens (tertiary/aromatic N) is 4. The molecular formula is C26H35FN6O3. The predicted octanol–water partition coefficient (Wildman–Crippen LogP) is 0.713. The molecule has 2 atom stereocenters. The van der Waals surface area contributed by atoms with Crippen molar-refractivity contribution >= 4 is 11.8 Å². The summed E-state index contributed by atoms with van der Waals surface area (Å²) in [5.41, 5.74) is 7.03. The molecule has 3 heterocycles. The average Bonchev–Trinajstić information content (AvgIpc) is 3.37. The first-order valence-corrected chi connectivity index (χ1v) is 12.5. The van der Waals surface area contributed by atoms with Crippen LogP contribution in [0.4, 0.5) is 4.39 Å². The molecule has 36 heavy (non-hydrogen) atoms. The van der Waals surface area contributed by atoms with Crippen LogP contribution in [0.25, 0.3) is 0 Å². The second-order valence-corrected chi connectivity index (χ2v) is 9.24. The van der Waals surface area contributed by atoms with Crippen LogP contribution in [-0.2, 0) is 16.1 Å². The number of hydrogen-bond acceptors (Lipinski definition) is 7. The zero-order valence-electron chi connectivity index (χ0n) is 20.5. The van der Waals surface area contributed by atoms with Gasteiger partial charge in [0.15, 0.2) is 0 Å². The van der Waals surface area contributed by atoms with E-state index in [-0.39, 0.29) is 23.7 Å². The quantitative estimate of drug-likeness (QED) is 0.497. The molecule has 0 radical (unpaired) electrons. The fraction of sp³-hybridized carbons (Fsp3) is 0.500. The van der Waals surface area contributed by atoms with Crippen molar-refractivity contribution in [2.24, 2.45) is 5.73 Å². The maximum absolute atomic E-state index is 13.5. The number of carbonyl (C=O) groups excluding carboxylic acids is 2. The predicted molar refractivity (Wildman–Crippen MR) is 134 cm³/mol. The first-order chi connectivity index (χ1) is 17.5. The summed E-state index contributed by atoms with van der Waals surface area (Å²) in [4.78, 5) is 36.9. The third kappa shape index (κ3) is 6.85.